The molecule has 12 heteroatoms. The van der Waals surface area contributed by atoms with Gasteiger partial charge in [0.2, 0.25) is 0 Å². The van der Waals surface area contributed by atoms with Crippen LogP contribution in [0.25, 0.3) is 0 Å². The summed E-state index contributed by atoms with van der Waals surface area (Å²) in [7, 11) is 0. The number of fused-ring (bicyclic) bond motifs is 12. The van der Waals surface area contributed by atoms with Gasteiger partial charge in [-0.05, 0) is 189 Å². The van der Waals surface area contributed by atoms with Crippen molar-refractivity contribution >= 4 is 172 Å². The van der Waals surface area contributed by atoms with E-state index in [0.29, 0.717) is 0 Å². The van der Waals surface area contributed by atoms with Crippen LogP contribution in [0, 0.1) is 0 Å². The fraction of sp³-hybridized carbons (Fsp3) is 0. The molecule has 9 nitrogen and oxygen atoms in total. The van der Waals surface area contributed by atoms with Gasteiger partial charge in [-0.2, -0.15) is 0 Å². The van der Waals surface area contributed by atoms with Crippen LogP contribution in [0.15, 0.2) is 382 Å². The maximum atomic E-state index is 7.71. The minimum atomic E-state index is -0.357. The number of ether oxygens (including phenoxy) is 3. The van der Waals surface area contributed by atoms with Gasteiger partial charge in [-0.1, -0.05) is 212 Å². The highest BCUT2D eigenvalue weighted by molar-refractivity contribution is 7.04. The van der Waals surface area contributed by atoms with Gasteiger partial charge in [0.05, 0.1) is 17.1 Å². The van der Waals surface area contributed by atoms with E-state index in [0.717, 1.165) is 170 Å². The van der Waals surface area contributed by atoms with Gasteiger partial charge in [-0.3, -0.25) is 0 Å². The molecule has 108 heavy (non-hydrogen) atoms. The molecular formula is C96H63B3N6O3. The Morgan fingerprint density at radius 2 is 0.444 bits per heavy atom. The lowest BCUT2D eigenvalue weighted by Crippen LogP contribution is -2.65. The smallest absolute Gasteiger partial charge is 0.260 e. The lowest BCUT2D eigenvalue weighted by Gasteiger charge is -2.47. The predicted octanol–water partition coefficient (Wildman–Crippen LogP) is 19.3. The van der Waals surface area contributed by atoms with E-state index in [4.69, 9.17) is 14.2 Å². The summed E-state index contributed by atoms with van der Waals surface area (Å²) in [6, 6.07) is 138. The molecule has 0 saturated carbocycles. The highest BCUT2D eigenvalue weighted by atomic mass is 16.5. The molecule has 22 rings (SSSR count). The molecule has 0 radical (unpaired) electrons. The molecule has 0 amide bonds. The van der Waals surface area contributed by atoms with E-state index in [9.17, 15) is 0 Å². The van der Waals surface area contributed by atoms with Crippen molar-refractivity contribution in [1.82, 2.24) is 0 Å². The van der Waals surface area contributed by atoms with Gasteiger partial charge < -0.3 is 43.6 Å². The van der Waals surface area contributed by atoms with Crippen LogP contribution in [0.4, 0.5) is 102 Å². The molecule has 0 spiro atoms. The van der Waals surface area contributed by atoms with E-state index < -0.39 is 0 Å². The first-order chi connectivity index (χ1) is 53.6. The van der Waals surface area contributed by atoms with Gasteiger partial charge >= 0.3 is 0 Å². The van der Waals surface area contributed by atoms with Crippen molar-refractivity contribution in [3.05, 3.63) is 382 Å². The second-order valence-corrected chi connectivity index (χ2v) is 28.3. The third kappa shape index (κ3) is 9.70. The van der Waals surface area contributed by atoms with Crippen molar-refractivity contribution < 1.29 is 14.2 Å². The normalized spacial score (nSPS) is 13.1. The topological polar surface area (TPSA) is 47.1 Å². The molecule has 0 fully saturated rings. The summed E-state index contributed by atoms with van der Waals surface area (Å²) in [6.07, 6.45) is 0. The Hall–Kier alpha value is -14.1. The third-order valence-electron chi connectivity index (χ3n) is 22.2. The molecule has 16 aromatic rings. The Kier molecular flexibility index (Phi) is 14.1. The van der Waals surface area contributed by atoms with E-state index in [2.05, 4.69) is 412 Å². The summed E-state index contributed by atoms with van der Waals surface area (Å²) in [5.41, 5.74) is 28.5. The first-order valence-corrected chi connectivity index (χ1v) is 37.0. The van der Waals surface area contributed by atoms with Crippen LogP contribution in [0.3, 0.4) is 0 Å². The summed E-state index contributed by atoms with van der Waals surface area (Å²) in [4.78, 5) is 14.6. The quantitative estimate of drug-likeness (QED) is 0.111. The number of benzene rings is 16. The van der Waals surface area contributed by atoms with E-state index >= 15 is 0 Å². The zero-order valence-electron chi connectivity index (χ0n) is 58.5. The summed E-state index contributed by atoms with van der Waals surface area (Å²) >= 11 is 0. The summed E-state index contributed by atoms with van der Waals surface area (Å²) in [5.74, 6) is 4.73. The Morgan fingerprint density at radius 1 is 0.176 bits per heavy atom. The van der Waals surface area contributed by atoms with E-state index in [1.54, 1.807) is 0 Å². The average molecular weight is 1380 g/mol. The van der Waals surface area contributed by atoms with Gasteiger partial charge in [-0.15, -0.1) is 0 Å². The first kappa shape index (κ1) is 61.4. The van der Waals surface area contributed by atoms with Crippen LogP contribution in [-0.4, -0.2) is 20.1 Å². The number of nitrogens with zero attached hydrogens (tertiary/aromatic N) is 6. The van der Waals surface area contributed by atoms with Gasteiger partial charge in [0.25, 0.3) is 20.1 Å². The van der Waals surface area contributed by atoms with Gasteiger partial charge in [0.15, 0.2) is 0 Å². The predicted molar refractivity (Wildman–Crippen MR) is 448 cm³/mol. The Morgan fingerprint density at radius 3 is 0.824 bits per heavy atom. The Balaban J connectivity index is 0.842. The van der Waals surface area contributed by atoms with Gasteiger partial charge in [0, 0.05) is 115 Å². The third-order valence-corrected chi connectivity index (χ3v) is 22.2. The largest absolute Gasteiger partial charge is 0.458 e. The molecular weight excluding hydrogens is 1320 g/mol. The molecule has 6 aliphatic rings. The van der Waals surface area contributed by atoms with E-state index in [1.165, 1.54) is 16.4 Å². The summed E-state index contributed by atoms with van der Waals surface area (Å²) in [6.45, 7) is -0.883. The van der Waals surface area contributed by atoms with Crippen molar-refractivity contribution in [3.63, 3.8) is 0 Å². The molecule has 0 aliphatic carbocycles. The molecule has 0 aromatic heterocycles. The number of anilines is 18. The van der Waals surface area contributed by atoms with Crippen molar-refractivity contribution in [2.75, 3.05) is 29.4 Å². The number of rotatable bonds is 12. The molecule has 0 saturated heterocycles. The fourth-order valence-corrected chi connectivity index (χ4v) is 17.8. The van der Waals surface area contributed by atoms with Crippen molar-refractivity contribution in [3.8, 4) is 34.5 Å². The second-order valence-electron chi connectivity index (χ2n) is 28.3. The molecule has 16 aromatic carbocycles. The van der Waals surface area contributed by atoms with Crippen LogP contribution < -0.4 is 92.8 Å². The Bertz CT molecular complexity index is 6100. The van der Waals surface area contributed by atoms with Crippen LogP contribution in [0.1, 0.15) is 0 Å². The summed E-state index contributed by atoms with van der Waals surface area (Å²) < 4.78 is 22.3. The minimum Gasteiger partial charge on any atom is -0.458 e. The van der Waals surface area contributed by atoms with Crippen LogP contribution in [0.5, 0.6) is 34.5 Å². The maximum Gasteiger partial charge on any atom is 0.260 e. The SMILES string of the molecule is c1ccc(N(c2ccccc2)c2cc3c4c(c2)Oc2cc5c(cc2B4c2ccccc2O3)B2c3cc4c(cc3N(c3ccccc3)c3cc(N(c6ccccc6)c6ccccc6)cc(c32)N5c2ccccc2)N(c2ccccc2)c2cc(N(c3ccccc3)c3ccccc3)cc3c2B4c2ccccc2O3)cc1. The van der Waals surface area contributed by atoms with Crippen molar-refractivity contribution in [2.45, 2.75) is 0 Å². The lowest BCUT2D eigenvalue weighted by molar-refractivity contribution is 0.465. The van der Waals surface area contributed by atoms with Gasteiger partial charge in [-0.25, -0.2) is 0 Å². The van der Waals surface area contributed by atoms with Crippen molar-refractivity contribution in [1.29, 1.82) is 0 Å². The molecule has 0 atom stereocenters. The average Bonchev–Trinajstić information content (AvgIpc) is 0.683. The highest BCUT2D eigenvalue weighted by Gasteiger charge is 2.51. The molecule has 0 N–H and O–H groups in total. The fourth-order valence-electron chi connectivity index (χ4n) is 17.8. The monoisotopic (exact) mass is 1380 g/mol. The number of hydrogen-bond donors (Lipinski definition) is 0. The number of hydrogen-bond acceptors (Lipinski definition) is 9. The van der Waals surface area contributed by atoms with Crippen molar-refractivity contribution in [2.24, 2.45) is 0 Å². The lowest BCUT2D eigenvalue weighted by atomic mass is 9.29. The van der Waals surface area contributed by atoms with Gasteiger partial charge in [0.1, 0.15) is 34.5 Å². The van der Waals surface area contributed by atoms with E-state index in [-0.39, 0.29) is 20.1 Å². The van der Waals surface area contributed by atoms with Crippen LogP contribution in [-0.2, 0) is 0 Å². The van der Waals surface area contributed by atoms with Crippen LogP contribution in [0.2, 0.25) is 0 Å². The standard InChI is InChI=1S/C96H63B3N6O3/c1-10-32-64(33-11-1)100(65-34-12-2-13-35-65)73-54-85-94-86(55-73)105(72-48-26-9-27-49-72)84-63-90-81(98-77-51-29-31-53-89(77)107-92-58-75(59-93(108-90)96(92)98)102(68-40-18-5-19-41-68)69-42-20-6-21-43-69)61-80(84)99(94)79-60-78-82(62-83(79)103(85)70-44-22-7-23-45-70)104(71-46-24-8-25-47-71)87-56-74(57-91-95(87)97(78)76-50-28-30-52-88(76)106-91)101(66-36-14-3-15-37-66)67-38-16-4-17-39-67/h1-63H. The zero-order chi connectivity index (χ0) is 70.9. The first-order valence-electron chi connectivity index (χ1n) is 37.0. The molecule has 6 heterocycles. The minimum absolute atomic E-state index is 0.256. The molecule has 6 aliphatic heterocycles. The molecule has 0 unspecified atom stereocenters. The van der Waals surface area contributed by atoms with Crippen LogP contribution >= 0.6 is 0 Å². The van der Waals surface area contributed by atoms with E-state index in [1.807, 2.05) is 0 Å². The zero-order valence-corrected chi connectivity index (χ0v) is 58.5. The molecule has 0 bridgehead atoms. The maximum absolute atomic E-state index is 7.71. The Labute approximate surface area is 628 Å². The molecule has 504 valence electrons. The number of para-hydroxylation sites is 11. The second kappa shape index (κ2) is 24.8. The summed E-state index contributed by atoms with van der Waals surface area (Å²) in [5, 5.41) is 0. The highest BCUT2D eigenvalue weighted by Crippen LogP contribution is 2.53.